The Bertz CT molecular complexity index is 1590. The van der Waals surface area contributed by atoms with Gasteiger partial charge in [-0.1, -0.05) is 97.6 Å². The molecule has 14 heteroatoms. The molecule has 1 aromatic carbocycles. The SMILES string of the molecule is CCC[C@@H](NC(=O)[C@@H]1[C@@H]2[C@H](CN1C(=O)C(NC(=O)O[C@H](C)C(C)C)C1(C)CCCCC1)C2(C)C)C(=O)C(=O)NCC(=O)N[C@H](C(=O)N(C)C)c1ccccc1. The van der Waals surface area contributed by atoms with Crippen LogP contribution in [0, 0.1) is 28.6 Å². The number of amides is 6. The molecule has 1 saturated heterocycles. The van der Waals surface area contributed by atoms with E-state index in [1.165, 1.54) is 4.90 Å². The van der Waals surface area contributed by atoms with Gasteiger partial charge in [-0.05, 0) is 60.3 Å². The fraction of sp³-hybridized carbons (Fsp3) is 0.683. The van der Waals surface area contributed by atoms with Crippen LogP contribution < -0.4 is 21.3 Å². The van der Waals surface area contributed by atoms with Crippen LogP contribution in [0.2, 0.25) is 0 Å². The van der Waals surface area contributed by atoms with Crippen LogP contribution in [0.5, 0.6) is 0 Å². The van der Waals surface area contributed by atoms with Crippen LogP contribution in [0.4, 0.5) is 4.79 Å². The van der Waals surface area contributed by atoms with Crippen molar-refractivity contribution in [2.24, 2.45) is 28.6 Å². The first kappa shape index (κ1) is 43.2. The van der Waals surface area contributed by atoms with Crippen LogP contribution in [0.1, 0.15) is 105 Å². The Kier molecular flexibility index (Phi) is 14.1. The van der Waals surface area contributed by atoms with E-state index in [-0.39, 0.29) is 47.5 Å². The van der Waals surface area contributed by atoms with E-state index in [1.54, 1.807) is 56.3 Å². The molecular weight excluding hydrogens is 704 g/mol. The zero-order valence-electron chi connectivity index (χ0n) is 34.0. The van der Waals surface area contributed by atoms with Crippen molar-refractivity contribution < 1.29 is 38.3 Å². The number of benzene rings is 1. The lowest BCUT2D eigenvalue weighted by Gasteiger charge is -2.43. The molecule has 3 aliphatic rings. The molecule has 0 spiro atoms. The van der Waals surface area contributed by atoms with Gasteiger partial charge in [-0.3, -0.25) is 28.8 Å². The maximum atomic E-state index is 14.6. The molecule has 1 aliphatic heterocycles. The van der Waals surface area contributed by atoms with Gasteiger partial charge in [-0.25, -0.2) is 4.79 Å². The standard InChI is InChI=1S/C41H62N6O8/c1-10-17-28(33(49)36(51)42-22-29(48)44-31(37(52)46(8)9)26-18-13-11-14-19-26)43-35(50)32-30-27(40(30,5)6)23-47(32)38(53)34(41(7)20-15-12-16-21-41)45-39(54)55-25(4)24(2)3/h11,13-14,18-19,24-25,27-28,30-32,34H,10,12,15-17,20-23H2,1-9H3,(H,42,51)(H,43,50)(H,44,48)(H,45,54)/t25-,27+,28-,30+,31+,32+,34?/m1/s1. The molecule has 55 heavy (non-hydrogen) atoms. The highest BCUT2D eigenvalue weighted by atomic mass is 16.6. The Morgan fingerprint density at radius 3 is 2.13 bits per heavy atom. The summed E-state index contributed by atoms with van der Waals surface area (Å²) >= 11 is 0. The summed E-state index contributed by atoms with van der Waals surface area (Å²) in [5, 5.41) is 10.7. The Labute approximate surface area is 325 Å². The number of ether oxygens (including phenoxy) is 1. The van der Waals surface area contributed by atoms with Gasteiger partial charge in [0.1, 0.15) is 24.2 Å². The molecular formula is C41H62N6O8. The monoisotopic (exact) mass is 766 g/mol. The van der Waals surface area contributed by atoms with Crippen molar-refractivity contribution in [1.82, 2.24) is 31.1 Å². The van der Waals surface area contributed by atoms with Crippen molar-refractivity contribution in [2.45, 2.75) is 124 Å². The second kappa shape index (κ2) is 18.0. The number of carbonyl (C=O) groups is 7. The quantitative estimate of drug-likeness (QED) is 0.185. The van der Waals surface area contributed by atoms with Crippen LogP contribution in [0.3, 0.4) is 0 Å². The fourth-order valence-corrected chi connectivity index (χ4v) is 8.24. The number of likely N-dealkylation sites (N-methyl/N-ethyl adjacent to an activating group) is 1. The Balaban J connectivity index is 1.48. The smallest absolute Gasteiger partial charge is 0.408 e. The Hall–Kier alpha value is -4.49. The minimum Gasteiger partial charge on any atom is -0.446 e. The van der Waals surface area contributed by atoms with Gasteiger partial charge >= 0.3 is 6.09 Å². The largest absolute Gasteiger partial charge is 0.446 e. The normalized spacial score (nSPS) is 22.9. The topological polar surface area (TPSA) is 183 Å². The highest BCUT2D eigenvalue weighted by Crippen LogP contribution is 2.65. The maximum Gasteiger partial charge on any atom is 0.408 e. The first-order valence-electron chi connectivity index (χ1n) is 19.8. The number of likely N-dealkylation sites (tertiary alicyclic amines) is 1. The van der Waals surface area contributed by atoms with E-state index in [4.69, 9.17) is 4.74 Å². The molecule has 6 amide bonds. The molecule has 0 bridgehead atoms. The van der Waals surface area contributed by atoms with E-state index < -0.39 is 65.7 Å². The molecule has 304 valence electrons. The third kappa shape index (κ3) is 10.0. The third-order valence-corrected chi connectivity index (χ3v) is 12.2. The minimum atomic E-state index is -1.21. The van der Waals surface area contributed by atoms with Gasteiger partial charge in [0.15, 0.2) is 0 Å². The molecule has 2 aliphatic carbocycles. The Morgan fingerprint density at radius 1 is 0.909 bits per heavy atom. The second-order valence-electron chi connectivity index (χ2n) is 17.1. The summed E-state index contributed by atoms with van der Waals surface area (Å²) in [4.78, 5) is 97.4. The number of rotatable bonds is 16. The zero-order chi connectivity index (χ0) is 40.8. The van der Waals surface area contributed by atoms with E-state index >= 15 is 0 Å². The number of Topliss-reactive ketones (excluding diaryl/α,β-unsaturated/α-hetero) is 1. The van der Waals surface area contributed by atoms with Gasteiger partial charge in [0.2, 0.25) is 29.4 Å². The number of ketones is 1. The fourth-order valence-electron chi connectivity index (χ4n) is 8.24. The van der Waals surface area contributed by atoms with Gasteiger partial charge in [-0.15, -0.1) is 0 Å². The lowest BCUT2D eigenvalue weighted by Crippen LogP contribution is -2.61. The lowest BCUT2D eigenvalue weighted by atomic mass is 9.70. The molecule has 14 nitrogen and oxygen atoms in total. The number of hydrogen-bond acceptors (Lipinski definition) is 8. The predicted octanol–water partition coefficient (Wildman–Crippen LogP) is 3.50. The molecule has 4 rings (SSSR count). The maximum absolute atomic E-state index is 14.6. The average molecular weight is 767 g/mol. The summed E-state index contributed by atoms with van der Waals surface area (Å²) in [5.41, 5.74) is -0.230. The number of hydrogen-bond donors (Lipinski definition) is 4. The number of piperidine rings is 1. The van der Waals surface area contributed by atoms with Gasteiger partial charge in [0.25, 0.3) is 5.91 Å². The van der Waals surface area contributed by atoms with Crippen LogP contribution in [-0.2, 0) is 33.5 Å². The van der Waals surface area contributed by atoms with E-state index in [1.807, 2.05) is 27.7 Å². The highest BCUT2D eigenvalue weighted by molar-refractivity contribution is 6.38. The van der Waals surface area contributed by atoms with Crippen LogP contribution in [0.25, 0.3) is 0 Å². The first-order chi connectivity index (χ1) is 25.8. The van der Waals surface area contributed by atoms with Crippen molar-refractivity contribution in [3.05, 3.63) is 35.9 Å². The molecule has 0 radical (unpaired) electrons. The van der Waals surface area contributed by atoms with E-state index in [9.17, 15) is 33.6 Å². The van der Waals surface area contributed by atoms with Gasteiger partial charge in [0, 0.05) is 20.6 Å². The van der Waals surface area contributed by atoms with E-state index in [0.29, 0.717) is 18.5 Å². The second-order valence-corrected chi connectivity index (χ2v) is 17.1. The van der Waals surface area contributed by atoms with E-state index in [2.05, 4.69) is 35.1 Å². The summed E-state index contributed by atoms with van der Waals surface area (Å²) < 4.78 is 5.63. The predicted molar refractivity (Wildman–Crippen MR) is 206 cm³/mol. The molecule has 3 fully saturated rings. The van der Waals surface area contributed by atoms with Crippen molar-refractivity contribution >= 4 is 41.4 Å². The first-order valence-corrected chi connectivity index (χ1v) is 19.8. The summed E-state index contributed by atoms with van der Waals surface area (Å²) in [5.74, 6) is -3.99. The van der Waals surface area contributed by atoms with Crippen molar-refractivity contribution in [3.8, 4) is 0 Å². The Morgan fingerprint density at radius 2 is 1.55 bits per heavy atom. The number of fused-ring (bicyclic) bond motifs is 1. The van der Waals surface area contributed by atoms with Crippen molar-refractivity contribution in [3.63, 3.8) is 0 Å². The van der Waals surface area contributed by atoms with Crippen molar-refractivity contribution in [2.75, 3.05) is 27.2 Å². The van der Waals surface area contributed by atoms with Gasteiger partial charge in [-0.2, -0.15) is 0 Å². The minimum absolute atomic E-state index is 0.0427. The summed E-state index contributed by atoms with van der Waals surface area (Å²) in [7, 11) is 3.13. The van der Waals surface area contributed by atoms with Crippen molar-refractivity contribution in [1.29, 1.82) is 0 Å². The molecule has 2 saturated carbocycles. The summed E-state index contributed by atoms with van der Waals surface area (Å²) in [6, 6.07) is 4.62. The van der Waals surface area contributed by atoms with Crippen LogP contribution in [-0.4, -0.2) is 103 Å². The van der Waals surface area contributed by atoms with Gasteiger partial charge in [0.05, 0.1) is 12.6 Å². The van der Waals surface area contributed by atoms with Crippen LogP contribution in [0.15, 0.2) is 30.3 Å². The average Bonchev–Trinajstić information content (AvgIpc) is 3.43. The number of nitrogens with zero attached hydrogens (tertiary/aromatic N) is 2. The lowest BCUT2D eigenvalue weighted by molar-refractivity contribution is -0.146. The molecule has 1 unspecified atom stereocenters. The van der Waals surface area contributed by atoms with E-state index in [0.717, 1.165) is 32.1 Å². The summed E-state index contributed by atoms with van der Waals surface area (Å²) in [6.07, 6.45) is 3.88. The third-order valence-electron chi connectivity index (χ3n) is 12.2. The van der Waals surface area contributed by atoms with Crippen LogP contribution >= 0.6 is 0 Å². The summed E-state index contributed by atoms with van der Waals surface area (Å²) in [6.45, 7) is 13.4. The highest BCUT2D eigenvalue weighted by Gasteiger charge is 2.70. The molecule has 1 heterocycles. The number of nitrogens with one attached hydrogen (secondary N) is 4. The molecule has 4 N–H and O–H groups in total. The molecule has 1 aromatic rings. The van der Waals surface area contributed by atoms with Gasteiger partial charge < -0.3 is 35.8 Å². The number of alkyl carbamates (subject to hydrolysis) is 1. The molecule has 0 aromatic heterocycles. The molecule has 7 atom stereocenters. The number of carbonyl (C=O) groups excluding carboxylic acids is 7. The zero-order valence-corrected chi connectivity index (χ0v) is 34.0.